The van der Waals surface area contributed by atoms with Crippen LogP contribution in [0.1, 0.15) is 17.2 Å². The van der Waals surface area contributed by atoms with E-state index in [0.717, 1.165) is 15.5 Å². The Morgan fingerprint density at radius 2 is 2.00 bits per heavy atom. The lowest BCUT2D eigenvalue weighted by Gasteiger charge is -2.15. The molecule has 2 rings (SSSR count). The van der Waals surface area contributed by atoms with Crippen molar-refractivity contribution in [1.82, 2.24) is 10.3 Å². The van der Waals surface area contributed by atoms with Crippen LogP contribution in [-0.4, -0.2) is 12.0 Å². The van der Waals surface area contributed by atoms with Crippen molar-refractivity contribution < 1.29 is 0 Å². The maximum absolute atomic E-state index is 6.15. The molecule has 0 aromatic carbocycles. The molecule has 5 heteroatoms. The second-order valence-corrected chi connectivity index (χ2v) is 5.57. The minimum Gasteiger partial charge on any atom is -0.309 e. The second-order valence-electron chi connectivity index (χ2n) is 3.28. The summed E-state index contributed by atoms with van der Waals surface area (Å²) in [5, 5.41) is 3.22. The van der Waals surface area contributed by atoms with Crippen LogP contribution in [0.2, 0.25) is 8.67 Å². The Hall–Kier alpha value is -0.610. The maximum atomic E-state index is 6.15. The summed E-state index contributed by atoms with van der Waals surface area (Å²) in [6.45, 7) is 0. The van der Waals surface area contributed by atoms with Crippen molar-refractivity contribution >= 4 is 34.5 Å². The molecular formula is C11H10Cl2N2S. The molecule has 0 radical (unpaired) electrons. The molecule has 0 saturated heterocycles. The topological polar surface area (TPSA) is 24.9 Å². The molecule has 16 heavy (non-hydrogen) atoms. The molecule has 1 N–H and O–H groups in total. The maximum Gasteiger partial charge on any atom is 0.0995 e. The van der Waals surface area contributed by atoms with Crippen LogP contribution in [0, 0.1) is 0 Å². The zero-order chi connectivity index (χ0) is 11.5. The van der Waals surface area contributed by atoms with Crippen molar-refractivity contribution in [2.75, 3.05) is 7.05 Å². The number of nitrogens with one attached hydrogen (secondary N) is 1. The Balaban J connectivity index is 2.40. The highest BCUT2D eigenvalue weighted by atomic mass is 35.5. The van der Waals surface area contributed by atoms with Crippen LogP contribution in [0.15, 0.2) is 30.6 Å². The van der Waals surface area contributed by atoms with Gasteiger partial charge >= 0.3 is 0 Å². The molecule has 0 amide bonds. The van der Waals surface area contributed by atoms with Gasteiger partial charge in [-0.15, -0.1) is 11.3 Å². The SMILES string of the molecule is CNC(c1ccncc1)c1cc(Cl)sc1Cl. The summed E-state index contributed by atoms with van der Waals surface area (Å²) >= 11 is 13.5. The molecular weight excluding hydrogens is 263 g/mol. The number of hydrogen-bond donors (Lipinski definition) is 1. The lowest BCUT2D eigenvalue weighted by atomic mass is 10.0. The van der Waals surface area contributed by atoms with Gasteiger partial charge in [-0.05, 0) is 30.8 Å². The predicted octanol–water partition coefficient (Wildman–Crippen LogP) is 3.76. The first-order valence-corrected chi connectivity index (χ1v) is 6.31. The summed E-state index contributed by atoms with van der Waals surface area (Å²) in [5.74, 6) is 0. The molecule has 1 unspecified atom stereocenters. The third kappa shape index (κ3) is 2.38. The molecule has 2 aromatic rings. The minimum absolute atomic E-state index is 0.0549. The number of thiophene rings is 1. The van der Waals surface area contributed by atoms with Gasteiger partial charge in [-0.1, -0.05) is 23.2 Å². The van der Waals surface area contributed by atoms with E-state index in [2.05, 4.69) is 10.3 Å². The van der Waals surface area contributed by atoms with Crippen molar-refractivity contribution in [2.45, 2.75) is 6.04 Å². The number of aromatic nitrogens is 1. The van der Waals surface area contributed by atoms with Crippen LogP contribution in [0.3, 0.4) is 0 Å². The smallest absolute Gasteiger partial charge is 0.0995 e. The Bertz CT molecular complexity index is 470. The normalized spacial score (nSPS) is 12.7. The number of nitrogens with zero attached hydrogens (tertiary/aromatic N) is 1. The fourth-order valence-electron chi connectivity index (χ4n) is 1.61. The molecule has 84 valence electrons. The van der Waals surface area contributed by atoms with Gasteiger partial charge in [-0.2, -0.15) is 0 Å². The Morgan fingerprint density at radius 3 is 2.50 bits per heavy atom. The van der Waals surface area contributed by atoms with Crippen LogP contribution in [-0.2, 0) is 0 Å². The highest BCUT2D eigenvalue weighted by Crippen LogP contribution is 2.37. The molecule has 0 aliphatic carbocycles. The molecule has 0 saturated carbocycles. The summed E-state index contributed by atoms with van der Waals surface area (Å²) in [6, 6.07) is 5.88. The van der Waals surface area contributed by atoms with E-state index in [1.54, 1.807) is 12.4 Å². The quantitative estimate of drug-likeness (QED) is 0.921. The van der Waals surface area contributed by atoms with E-state index in [1.807, 2.05) is 25.2 Å². The van der Waals surface area contributed by atoms with E-state index in [9.17, 15) is 0 Å². The molecule has 0 fully saturated rings. The van der Waals surface area contributed by atoms with Gasteiger partial charge in [0.1, 0.15) is 0 Å². The molecule has 0 spiro atoms. The minimum atomic E-state index is 0.0549. The molecule has 2 nitrogen and oxygen atoms in total. The molecule has 0 bridgehead atoms. The summed E-state index contributed by atoms with van der Waals surface area (Å²) in [4.78, 5) is 4.00. The van der Waals surface area contributed by atoms with Gasteiger partial charge in [0, 0.05) is 18.0 Å². The lowest BCUT2D eigenvalue weighted by molar-refractivity contribution is 0.693. The number of pyridine rings is 1. The van der Waals surface area contributed by atoms with E-state index < -0.39 is 0 Å². The van der Waals surface area contributed by atoms with Gasteiger partial charge in [-0.25, -0.2) is 0 Å². The van der Waals surface area contributed by atoms with E-state index in [0.29, 0.717) is 4.34 Å². The van der Waals surface area contributed by atoms with Crippen LogP contribution in [0.5, 0.6) is 0 Å². The first kappa shape index (κ1) is 11.9. The first-order valence-electron chi connectivity index (χ1n) is 4.74. The highest BCUT2D eigenvalue weighted by Gasteiger charge is 2.17. The highest BCUT2D eigenvalue weighted by molar-refractivity contribution is 7.20. The van der Waals surface area contributed by atoms with E-state index in [4.69, 9.17) is 23.2 Å². The summed E-state index contributed by atoms with van der Waals surface area (Å²) < 4.78 is 1.43. The van der Waals surface area contributed by atoms with Crippen LogP contribution < -0.4 is 5.32 Å². The molecule has 0 aliphatic heterocycles. The zero-order valence-electron chi connectivity index (χ0n) is 8.58. The van der Waals surface area contributed by atoms with Crippen LogP contribution >= 0.6 is 34.5 Å². The fourth-order valence-corrected chi connectivity index (χ4v) is 3.14. The van der Waals surface area contributed by atoms with Crippen molar-refractivity contribution in [3.63, 3.8) is 0 Å². The molecule has 2 aromatic heterocycles. The van der Waals surface area contributed by atoms with Crippen LogP contribution in [0.4, 0.5) is 0 Å². The first-order chi connectivity index (χ1) is 7.72. The van der Waals surface area contributed by atoms with E-state index in [-0.39, 0.29) is 6.04 Å². The molecule has 0 aliphatic rings. The summed E-state index contributed by atoms with van der Waals surface area (Å²) in [7, 11) is 1.90. The second kappa shape index (κ2) is 5.15. The van der Waals surface area contributed by atoms with Gasteiger partial charge in [0.05, 0.1) is 14.7 Å². The van der Waals surface area contributed by atoms with Crippen LogP contribution in [0.25, 0.3) is 0 Å². The third-order valence-electron chi connectivity index (χ3n) is 2.32. The average Bonchev–Trinajstić information content (AvgIpc) is 2.61. The number of hydrogen-bond acceptors (Lipinski definition) is 3. The summed E-state index contributed by atoms with van der Waals surface area (Å²) in [6.07, 6.45) is 3.53. The van der Waals surface area contributed by atoms with Crippen molar-refractivity contribution in [2.24, 2.45) is 0 Å². The lowest BCUT2D eigenvalue weighted by Crippen LogP contribution is -2.17. The van der Waals surface area contributed by atoms with E-state index >= 15 is 0 Å². The Labute approximate surface area is 108 Å². The van der Waals surface area contributed by atoms with Crippen molar-refractivity contribution in [3.05, 3.63) is 50.4 Å². The predicted molar refractivity (Wildman–Crippen MR) is 69.5 cm³/mol. The standard InChI is InChI=1S/C11H10Cl2N2S/c1-14-10(7-2-4-15-5-3-7)8-6-9(12)16-11(8)13/h2-6,10,14H,1H3. The Morgan fingerprint density at radius 1 is 1.31 bits per heavy atom. The van der Waals surface area contributed by atoms with Gasteiger partial charge in [-0.3, -0.25) is 4.98 Å². The van der Waals surface area contributed by atoms with Crippen molar-refractivity contribution in [3.8, 4) is 0 Å². The summed E-state index contributed by atoms with van der Waals surface area (Å²) in [5.41, 5.74) is 2.12. The van der Waals surface area contributed by atoms with Gasteiger partial charge in [0.2, 0.25) is 0 Å². The largest absolute Gasteiger partial charge is 0.309 e. The van der Waals surface area contributed by atoms with Gasteiger partial charge in [0.15, 0.2) is 0 Å². The van der Waals surface area contributed by atoms with Crippen molar-refractivity contribution in [1.29, 1.82) is 0 Å². The monoisotopic (exact) mass is 272 g/mol. The number of rotatable bonds is 3. The van der Waals surface area contributed by atoms with E-state index in [1.165, 1.54) is 11.3 Å². The average molecular weight is 273 g/mol. The zero-order valence-corrected chi connectivity index (χ0v) is 10.9. The molecule has 1 atom stereocenters. The van der Waals surface area contributed by atoms with Gasteiger partial charge < -0.3 is 5.32 Å². The fraction of sp³-hybridized carbons (Fsp3) is 0.182. The Kier molecular flexibility index (Phi) is 3.82. The third-order valence-corrected chi connectivity index (χ3v) is 3.84. The number of halogens is 2. The van der Waals surface area contributed by atoms with Gasteiger partial charge in [0.25, 0.3) is 0 Å². The molecule has 2 heterocycles.